The van der Waals surface area contributed by atoms with E-state index in [1.54, 1.807) is 7.11 Å². The lowest BCUT2D eigenvalue weighted by Crippen LogP contribution is -2.30. The molecule has 0 radical (unpaired) electrons. The molecule has 1 aliphatic rings. The van der Waals surface area contributed by atoms with Crippen LogP contribution in [0.3, 0.4) is 0 Å². The maximum Gasteiger partial charge on any atom is 0.150 e. The summed E-state index contributed by atoms with van der Waals surface area (Å²) < 4.78 is 11.8. The maximum atomic E-state index is 6.42. The SMILES string of the molecule is COc1ccc2c(c1)C(c1ccccc1)=CC(C)(c1ccccc1)O2. The summed E-state index contributed by atoms with van der Waals surface area (Å²) in [5.74, 6) is 1.70. The van der Waals surface area contributed by atoms with E-state index in [1.807, 2.05) is 42.5 Å². The van der Waals surface area contributed by atoms with Gasteiger partial charge in [0.2, 0.25) is 0 Å². The van der Waals surface area contributed by atoms with Crippen LogP contribution in [0.2, 0.25) is 0 Å². The first-order valence-corrected chi connectivity index (χ1v) is 8.41. The van der Waals surface area contributed by atoms with Crippen molar-refractivity contribution >= 4 is 5.57 Å². The number of methoxy groups -OCH3 is 1. The van der Waals surface area contributed by atoms with Crippen LogP contribution in [0, 0.1) is 0 Å². The van der Waals surface area contributed by atoms with Gasteiger partial charge in [-0.05, 0) is 47.9 Å². The monoisotopic (exact) mass is 328 g/mol. The van der Waals surface area contributed by atoms with Gasteiger partial charge in [-0.1, -0.05) is 60.7 Å². The van der Waals surface area contributed by atoms with Gasteiger partial charge in [-0.2, -0.15) is 0 Å². The van der Waals surface area contributed by atoms with Crippen molar-refractivity contribution < 1.29 is 9.47 Å². The van der Waals surface area contributed by atoms with Gasteiger partial charge in [0.15, 0.2) is 5.60 Å². The quantitative estimate of drug-likeness (QED) is 0.638. The number of benzene rings is 3. The van der Waals surface area contributed by atoms with Crippen molar-refractivity contribution in [3.05, 3.63) is 102 Å². The Labute approximate surface area is 148 Å². The zero-order valence-corrected chi connectivity index (χ0v) is 14.4. The molecule has 0 N–H and O–H groups in total. The van der Waals surface area contributed by atoms with Crippen molar-refractivity contribution in [2.45, 2.75) is 12.5 Å². The van der Waals surface area contributed by atoms with Crippen LogP contribution in [0.15, 0.2) is 84.9 Å². The second-order valence-electron chi connectivity index (χ2n) is 6.36. The Balaban J connectivity index is 1.93. The second kappa shape index (κ2) is 6.14. The van der Waals surface area contributed by atoms with Gasteiger partial charge in [0.05, 0.1) is 7.11 Å². The molecule has 0 aromatic heterocycles. The molecule has 0 saturated carbocycles. The predicted octanol–water partition coefficient (Wildman–Crippen LogP) is 5.43. The Kier molecular flexibility index (Phi) is 3.81. The summed E-state index contributed by atoms with van der Waals surface area (Å²) in [7, 11) is 1.69. The normalized spacial score (nSPS) is 18.7. The fourth-order valence-corrected chi connectivity index (χ4v) is 3.31. The average Bonchev–Trinajstić information content (AvgIpc) is 2.68. The van der Waals surface area contributed by atoms with E-state index in [-0.39, 0.29) is 0 Å². The Morgan fingerprint density at radius 3 is 2.20 bits per heavy atom. The van der Waals surface area contributed by atoms with E-state index >= 15 is 0 Å². The molecule has 0 spiro atoms. The van der Waals surface area contributed by atoms with Gasteiger partial charge in [-0.3, -0.25) is 0 Å². The summed E-state index contributed by atoms with van der Waals surface area (Å²) in [5, 5.41) is 0. The summed E-state index contributed by atoms with van der Waals surface area (Å²) in [4.78, 5) is 0. The van der Waals surface area contributed by atoms with E-state index in [2.05, 4.69) is 49.4 Å². The highest BCUT2D eigenvalue weighted by molar-refractivity contribution is 5.85. The molecule has 4 rings (SSSR count). The van der Waals surface area contributed by atoms with E-state index in [0.717, 1.165) is 28.2 Å². The molecule has 124 valence electrons. The molecule has 1 aliphatic heterocycles. The first kappa shape index (κ1) is 15.5. The molecule has 3 aromatic rings. The van der Waals surface area contributed by atoms with Crippen molar-refractivity contribution in [3.8, 4) is 11.5 Å². The number of rotatable bonds is 3. The highest BCUT2D eigenvalue weighted by Crippen LogP contribution is 2.44. The third kappa shape index (κ3) is 2.80. The molecule has 3 aromatic carbocycles. The van der Waals surface area contributed by atoms with Crippen LogP contribution in [-0.2, 0) is 5.60 Å². The van der Waals surface area contributed by atoms with E-state index in [9.17, 15) is 0 Å². The smallest absolute Gasteiger partial charge is 0.150 e. The van der Waals surface area contributed by atoms with Gasteiger partial charge >= 0.3 is 0 Å². The first-order valence-electron chi connectivity index (χ1n) is 8.41. The van der Waals surface area contributed by atoms with Crippen molar-refractivity contribution in [1.29, 1.82) is 0 Å². The minimum atomic E-state index is -0.520. The molecular weight excluding hydrogens is 308 g/mol. The fourth-order valence-electron chi connectivity index (χ4n) is 3.31. The highest BCUT2D eigenvalue weighted by Gasteiger charge is 2.33. The predicted molar refractivity (Wildman–Crippen MR) is 101 cm³/mol. The zero-order valence-electron chi connectivity index (χ0n) is 14.4. The van der Waals surface area contributed by atoms with Gasteiger partial charge in [-0.15, -0.1) is 0 Å². The van der Waals surface area contributed by atoms with Gasteiger partial charge < -0.3 is 9.47 Å². The molecule has 1 unspecified atom stereocenters. The summed E-state index contributed by atoms with van der Waals surface area (Å²) in [5.41, 5.74) is 3.99. The minimum absolute atomic E-state index is 0.520. The Bertz CT molecular complexity index is 913. The zero-order chi connectivity index (χ0) is 17.3. The lowest BCUT2D eigenvalue weighted by molar-refractivity contribution is 0.137. The van der Waals surface area contributed by atoms with Crippen LogP contribution in [0.1, 0.15) is 23.6 Å². The molecule has 0 saturated heterocycles. The van der Waals surface area contributed by atoms with Crippen molar-refractivity contribution in [2.24, 2.45) is 0 Å². The first-order chi connectivity index (χ1) is 12.2. The molecule has 0 amide bonds. The molecule has 25 heavy (non-hydrogen) atoms. The standard InChI is InChI=1S/C23H20O2/c1-23(18-11-7-4-8-12-18)16-21(17-9-5-3-6-10-17)20-15-19(24-2)13-14-22(20)25-23/h3-16H,1-2H3. The Morgan fingerprint density at radius 1 is 0.840 bits per heavy atom. The van der Waals surface area contributed by atoms with Crippen LogP contribution in [0.5, 0.6) is 11.5 Å². The Hall–Kier alpha value is -3.00. The minimum Gasteiger partial charge on any atom is -0.497 e. The van der Waals surface area contributed by atoms with Crippen molar-refractivity contribution in [3.63, 3.8) is 0 Å². The van der Waals surface area contributed by atoms with Gasteiger partial charge in [0.25, 0.3) is 0 Å². The van der Waals surface area contributed by atoms with Crippen LogP contribution < -0.4 is 9.47 Å². The van der Waals surface area contributed by atoms with Gasteiger partial charge in [-0.25, -0.2) is 0 Å². The second-order valence-corrected chi connectivity index (χ2v) is 6.36. The van der Waals surface area contributed by atoms with Crippen LogP contribution in [0.25, 0.3) is 5.57 Å². The van der Waals surface area contributed by atoms with Crippen LogP contribution in [0.4, 0.5) is 0 Å². The molecule has 1 atom stereocenters. The van der Waals surface area contributed by atoms with Crippen LogP contribution in [-0.4, -0.2) is 7.11 Å². The lowest BCUT2D eigenvalue weighted by Gasteiger charge is -2.35. The fraction of sp³-hybridized carbons (Fsp3) is 0.130. The van der Waals surface area contributed by atoms with Gasteiger partial charge in [0.1, 0.15) is 11.5 Å². The third-order valence-electron chi connectivity index (χ3n) is 4.65. The largest absolute Gasteiger partial charge is 0.497 e. The number of hydrogen-bond acceptors (Lipinski definition) is 2. The topological polar surface area (TPSA) is 18.5 Å². The molecule has 0 aliphatic carbocycles. The van der Waals surface area contributed by atoms with E-state index in [1.165, 1.54) is 5.56 Å². The summed E-state index contributed by atoms with van der Waals surface area (Å²) in [6, 6.07) is 26.7. The molecular formula is C23H20O2. The van der Waals surface area contributed by atoms with Crippen molar-refractivity contribution in [1.82, 2.24) is 0 Å². The van der Waals surface area contributed by atoms with E-state index in [0.29, 0.717) is 0 Å². The number of fused-ring (bicyclic) bond motifs is 1. The molecule has 1 heterocycles. The van der Waals surface area contributed by atoms with E-state index in [4.69, 9.17) is 9.47 Å². The van der Waals surface area contributed by atoms with Gasteiger partial charge in [0, 0.05) is 5.56 Å². The average molecular weight is 328 g/mol. The third-order valence-corrected chi connectivity index (χ3v) is 4.65. The number of hydrogen-bond donors (Lipinski definition) is 0. The van der Waals surface area contributed by atoms with E-state index < -0.39 is 5.60 Å². The molecule has 2 heteroatoms. The lowest BCUT2D eigenvalue weighted by atomic mass is 9.85. The molecule has 0 bridgehead atoms. The van der Waals surface area contributed by atoms with Crippen molar-refractivity contribution in [2.75, 3.05) is 7.11 Å². The summed E-state index contributed by atoms with van der Waals surface area (Å²) in [6.07, 6.45) is 2.21. The highest BCUT2D eigenvalue weighted by atomic mass is 16.5. The molecule has 2 nitrogen and oxygen atoms in total. The summed E-state index contributed by atoms with van der Waals surface area (Å²) in [6.45, 7) is 2.11. The van der Waals surface area contributed by atoms with Crippen LogP contribution >= 0.6 is 0 Å². The maximum absolute atomic E-state index is 6.42. The Morgan fingerprint density at radius 2 is 1.52 bits per heavy atom. The molecule has 0 fully saturated rings. The summed E-state index contributed by atoms with van der Waals surface area (Å²) >= 11 is 0. The number of ether oxygens (including phenoxy) is 2.